The molecule has 0 aliphatic carbocycles. The molecule has 2 heteroatoms. The van der Waals surface area contributed by atoms with Crippen molar-refractivity contribution in [3.63, 3.8) is 0 Å². The van der Waals surface area contributed by atoms with Gasteiger partial charge in [0.2, 0.25) is 0 Å². The molecule has 12 heavy (non-hydrogen) atoms. The molecule has 1 atom stereocenters. The number of nitrogens with zero attached hydrogens (tertiary/aromatic N) is 2. The van der Waals surface area contributed by atoms with Gasteiger partial charge >= 0.3 is 0 Å². The van der Waals surface area contributed by atoms with Crippen molar-refractivity contribution in [1.29, 1.82) is 5.26 Å². The molecule has 0 aromatic carbocycles. The average molecular weight is 164 g/mol. The number of nitriles is 1. The van der Waals surface area contributed by atoms with Gasteiger partial charge in [0.1, 0.15) is 0 Å². The second-order valence-electron chi connectivity index (χ2n) is 3.30. The maximum atomic E-state index is 8.60. The highest BCUT2D eigenvalue weighted by Crippen LogP contribution is 2.18. The van der Waals surface area contributed by atoms with Crippen molar-refractivity contribution >= 4 is 0 Å². The van der Waals surface area contributed by atoms with E-state index in [1.807, 2.05) is 6.08 Å². The van der Waals surface area contributed by atoms with Crippen LogP contribution in [0.25, 0.3) is 0 Å². The molecule has 0 spiro atoms. The Morgan fingerprint density at radius 1 is 1.58 bits per heavy atom. The van der Waals surface area contributed by atoms with Crippen LogP contribution >= 0.6 is 0 Å². The molecule has 1 aliphatic rings. The summed E-state index contributed by atoms with van der Waals surface area (Å²) in [5.74, 6) is 0. The lowest BCUT2D eigenvalue weighted by atomic mass is 10.00. The quantitative estimate of drug-likeness (QED) is 0.596. The van der Waals surface area contributed by atoms with Gasteiger partial charge < -0.3 is 0 Å². The van der Waals surface area contributed by atoms with Crippen LogP contribution in [0.5, 0.6) is 0 Å². The van der Waals surface area contributed by atoms with Gasteiger partial charge in [0.05, 0.1) is 12.5 Å². The Labute approximate surface area is 74.5 Å². The van der Waals surface area contributed by atoms with E-state index < -0.39 is 0 Å². The lowest BCUT2D eigenvalue weighted by Gasteiger charge is -2.33. The van der Waals surface area contributed by atoms with Crippen molar-refractivity contribution < 1.29 is 0 Å². The first-order valence-electron chi connectivity index (χ1n) is 4.60. The van der Waals surface area contributed by atoms with E-state index in [0.29, 0.717) is 12.5 Å². The van der Waals surface area contributed by atoms with Crippen LogP contribution in [0.4, 0.5) is 0 Å². The smallest absolute Gasteiger partial charge is 0.0638 e. The van der Waals surface area contributed by atoms with E-state index in [1.165, 1.54) is 19.3 Å². The fourth-order valence-corrected chi connectivity index (χ4v) is 1.80. The van der Waals surface area contributed by atoms with Gasteiger partial charge in [0.15, 0.2) is 0 Å². The Morgan fingerprint density at radius 2 is 2.42 bits per heavy atom. The zero-order valence-electron chi connectivity index (χ0n) is 7.50. The number of hydrogen-bond donors (Lipinski definition) is 0. The maximum Gasteiger partial charge on any atom is 0.0638 e. The Morgan fingerprint density at radius 3 is 3.08 bits per heavy atom. The molecule has 1 heterocycles. The summed E-state index contributed by atoms with van der Waals surface area (Å²) in [6.45, 7) is 5.80. The van der Waals surface area contributed by atoms with E-state index in [9.17, 15) is 0 Å². The zero-order valence-corrected chi connectivity index (χ0v) is 7.50. The topological polar surface area (TPSA) is 27.0 Å². The lowest BCUT2D eigenvalue weighted by molar-refractivity contribution is 0.168. The molecule has 0 amide bonds. The first-order chi connectivity index (χ1) is 5.88. The van der Waals surface area contributed by atoms with Crippen molar-refractivity contribution in [3.8, 4) is 6.07 Å². The molecule has 1 unspecified atom stereocenters. The average Bonchev–Trinajstić information content (AvgIpc) is 2.09. The second-order valence-corrected chi connectivity index (χ2v) is 3.30. The highest BCUT2D eigenvalue weighted by atomic mass is 15.2. The van der Waals surface area contributed by atoms with E-state index in [0.717, 1.165) is 13.1 Å². The summed E-state index contributed by atoms with van der Waals surface area (Å²) in [7, 11) is 0. The van der Waals surface area contributed by atoms with Crippen molar-refractivity contribution in [2.24, 2.45) is 0 Å². The molecule has 0 saturated carbocycles. The van der Waals surface area contributed by atoms with Crippen LogP contribution in [0, 0.1) is 11.3 Å². The third-order valence-electron chi connectivity index (χ3n) is 2.44. The summed E-state index contributed by atoms with van der Waals surface area (Å²) in [6.07, 6.45) is 6.33. The van der Waals surface area contributed by atoms with Crippen molar-refractivity contribution in [2.75, 3.05) is 13.1 Å². The first-order valence-corrected chi connectivity index (χ1v) is 4.60. The van der Waals surface area contributed by atoms with E-state index in [4.69, 9.17) is 5.26 Å². The van der Waals surface area contributed by atoms with Crippen LogP contribution in [0.2, 0.25) is 0 Å². The van der Waals surface area contributed by atoms with Gasteiger partial charge in [-0.3, -0.25) is 4.90 Å². The number of rotatable bonds is 3. The molecular weight excluding hydrogens is 148 g/mol. The lowest BCUT2D eigenvalue weighted by Crippen LogP contribution is -2.39. The largest absolute Gasteiger partial charge is 0.296 e. The summed E-state index contributed by atoms with van der Waals surface area (Å²) in [5.41, 5.74) is 0. The first kappa shape index (κ1) is 9.28. The Kier molecular flexibility index (Phi) is 3.83. The molecule has 0 N–H and O–H groups in total. The predicted molar refractivity (Wildman–Crippen MR) is 49.6 cm³/mol. The number of likely N-dealkylation sites (tertiary alicyclic amines) is 1. The molecule has 0 aromatic heterocycles. The van der Waals surface area contributed by atoms with Gasteiger partial charge in [-0.25, -0.2) is 0 Å². The minimum atomic E-state index is 0.488. The van der Waals surface area contributed by atoms with E-state index in [-0.39, 0.29) is 0 Å². The van der Waals surface area contributed by atoms with Crippen LogP contribution < -0.4 is 0 Å². The summed E-state index contributed by atoms with van der Waals surface area (Å²) in [4.78, 5) is 2.36. The molecule has 1 aliphatic heterocycles. The van der Waals surface area contributed by atoms with Gasteiger partial charge in [0.25, 0.3) is 0 Å². The molecule has 2 nitrogen and oxygen atoms in total. The van der Waals surface area contributed by atoms with Gasteiger partial charge in [0, 0.05) is 12.6 Å². The third kappa shape index (κ3) is 2.35. The van der Waals surface area contributed by atoms with Gasteiger partial charge in [-0.15, -0.1) is 6.58 Å². The SMILES string of the molecule is C=CCN1CCCCC1CC#N. The molecule has 0 aromatic rings. The fraction of sp³-hybridized carbons (Fsp3) is 0.700. The molecule has 1 saturated heterocycles. The molecule has 1 fully saturated rings. The Balaban J connectivity index is 2.43. The van der Waals surface area contributed by atoms with Crippen molar-refractivity contribution in [3.05, 3.63) is 12.7 Å². The third-order valence-corrected chi connectivity index (χ3v) is 2.44. The summed E-state index contributed by atoms with van der Waals surface area (Å²) in [5, 5.41) is 8.60. The molecule has 0 bridgehead atoms. The maximum absolute atomic E-state index is 8.60. The van der Waals surface area contributed by atoms with Crippen molar-refractivity contribution in [2.45, 2.75) is 31.7 Å². The molecule has 0 radical (unpaired) electrons. The number of hydrogen-bond acceptors (Lipinski definition) is 2. The van der Waals surface area contributed by atoms with Crippen LogP contribution in [-0.4, -0.2) is 24.0 Å². The van der Waals surface area contributed by atoms with Gasteiger partial charge in [-0.1, -0.05) is 12.5 Å². The van der Waals surface area contributed by atoms with Gasteiger partial charge in [-0.05, 0) is 19.4 Å². The van der Waals surface area contributed by atoms with E-state index in [1.54, 1.807) is 0 Å². The fourth-order valence-electron chi connectivity index (χ4n) is 1.80. The normalized spacial score (nSPS) is 24.8. The highest BCUT2D eigenvalue weighted by molar-refractivity contribution is 4.88. The summed E-state index contributed by atoms with van der Waals surface area (Å²) in [6, 6.07) is 2.74. The van der Waals surface area contributed by atoms with Crippen LogP contribution in [0.3, 0.4) is 0 Å². The van der Waals surface area contributed by atoms with E-state index in [2.05, 4.69) is 17.5 Å². The molecule has 66 valence electrons. The second kappa shape index (κ2) is 4.95. The summed E-state index contributed by atoms with van der Waals surface area (Å²) < 4.78 is 0. The minimum Gasteiger partial charge on any atom is -0.296 e. The van der Waals surface area contributed by atoms with Crippen LogP contribution in [0.1, 0.15) is 25.7 Å². The standard InChI is InChI=1S/C10H16N2/c1-2-8-12-9-4-3-5-10(12)6-7-11/h2,10H,1,3-6,8-9H2. The number of piperidine rings is 1. The Bertz CT molecular complexity index is 181. The van der Waals surface area contributed by atoms with Crippen LogP contribution in [0.15, 0.2) is 12.7 Å². The highest BCUT2D eigenvalue weighted by Gasteiger charge is 2.20. The van der Waals surface area contributed by atoms with E-state index >= 15 is 0 Å². The predicted octanol–water partition coefficient (Wildman–Crippen LogP) is 1.94. The van der Waals surface area contributed by atoms with Gasteiger partial charge in [-0.2, -0.15) is 5.26 Å². The Hall–Kier alpha value is -0.810. The minimum absolute atomic E-state index is 0.488. The van der Waals surface area contributed by atoms with Crippen molar-refractivity contribution in [1.82, 2.24) is 4.90 Å². The monoisotopic (exact) mass is 164 g/mol. The molecule has 1 rings (SSSR count). The zero-order chi connectivity index (χ0) is 8.81. The van der Waals surface area contributed by atoms with Crippen LogP contribution in [-0.2, 0) is 0 Å². The molecular formula is C10H16N2. The summed E-state index contributed by atoms with van der Waals surface area (Å²) >= 11 is 0.